The fourth-order valence-electron chi connectivity index (χ4n) is 4.43. The average molecular weight is 452 g/mol. The van der Waals surface area contributed by atoms with Gasteiger partial charge in [-0.1, -0.05) is 72.7 Å². The molecule has 1 aliphatic rings. The molecule has 1 fully saturated rings. The highest BCUT2D eigenvalue weighted by Crippen LogP contribution is 2.38. The normalized spacial score (nSPS) is 19.9. The van der Waals surface area contributed by atoms with E-state index in [0.717, 1.165) is 11.1 Å². The molecule has 0 atom stereocenters. The molecule has 5 aromatic rings. The first-order chi connectivity index (χ1) is 19.3. The van der Waals surface area contributed by atoms with Gasteiger partial charge in [-0.2, -0.15) is 0 Å². The maximum Gasteiger partial charge on any atom is 0.495 e. The van der Waals surface area contributed by atoms with Gasteiger partial charge in [0.05, 0.1) is 31.8 Å². The van der Waals surface area contributed by atoms with E-state index in [4.69, 9.17) is 18.9 Å². The smallest absolute Gasteiger partial charge is 0.399 e. The van der Waals surface area contributed by atoms with Gasteiger partial charge in [-0.25, -0.2) is 0 Å². The number of aromatic nitrogens is 1. The van der Waals surface area contributed by atoms with Gasteiger partial charge in [0.1, 0.15) is 0 Å². The number of rotatable bonds is 3. The standard InChI is InChI=1S/C30H28BNO2/c1-29(2)30(3,4)34-31(33-29)25-14-10-16-27-28(25)24-13-8-9-15-26(24)32(27)23-19-17-22(18-20-23)21-11-6-5-7-12-21/h5-20H,1-4H3/i8D,9D,10D,13D,14D,15D,16D. The summed E-state index contributed by atoms with van der Waals surface area (Å²) in [5, 5.41) is 0.411. The minimum absolute atomic E-state index is 0.157. The van der Waals surface area contributed by atoms with Crippen LogP contribution in [-0.2, 0) is 9.31 Å². The van der Waals surface area contributed by atoms with Gasteiger partial charge >= 0.3 is 7.12 Å². The average Bonchev–Trinajstić information content (AvgIpc) is 3.40. The lowest BCUT2D eigenvalue weighted by Crippen LogP contribution is -2.41. The van der Waals surface area contributed by atoms with Crippen LogP contribution in [0.5, 0.6) is 0 Å². The molecule has 0 amide bonds. The van der Waals surface area contributed by atoms with Gasteiger partial charge in [0, 0.05) is 16.5 Å². The van der Waals surface area contributed by atoms with Crippen LogP contribution in [-0.4, -0.2) is 22.9 Å². The van der Waals surface area contributed by atoms with Crippen molar-refractivity contribution >= 4 is 34.4 Å². The zero-order chi connectivity index (χ0) is 29.6. The highest BCUT2D eigenvalue weighted by Gasteiger charge is 2.52. The lowest BCUT2D eigenvalue weighted by atomic mass is 9.76. The quantitative estimate of drug-likeness (QED) is 0.283. The molecule has 1 aromatic heterocycles. The third-order valence-corrected chi connectivity index (χ3v) is 6.97. The largest absolute Gasteiger partial charge is 0.495 e. The van der Waals surface area contributed by atoms with E-state index in [1.807, 2.05) is 82.3 Å². The topological polar surface area (TPSA) is 23.4 Å². The Morgan fingerprint density at radius 2 is 1.32 bits per heavy atom. The third kappa shape index (κ3) is 3.21. The number of hydrogen-bond acceptors (Lipinski definition) is 2. The zero-order valence-corrected chi connectivity index (χ0v) is 19.5. The van der Waals surface area contributed by atoms with Crippen LogP contribution in [0.4, 0.5) is 0 Å². The van der Waals surface area contributed by atoms with E-state index in [0.29, 0.717) is 5.69 Å². The number of hydrogen-bond donors (Lipinski definition) is 0. The predicted octanol–water partition coefficient (Wildman–Crippen LogP) is 6.75. The summed E-state index contributed by atoms with van der Waals surface area (Å²) in [6.07, 6.45) is 0. The van der Waals surface area contributed by atoms with Crippen LogP contribution in [0.3, 0.4) is 0 Å². The highest BCUT2D eigenvalue weighted by molar-refractivity contribution is 6.66. The van der Waals surface area contributed by atoms with Crippen LogP contribution >= 0.6 is 0 Å². The fraction of sp³-hybridized carbons (Fsp3) is 0.200. The monoisotopic (exact) mass is 452 g/mol. The molecular formula is C30H28BNO2. The van der Waals surface area contributed by atoms with E-state index in [9.17, 15) is 0 Å². The van der Waals surface area contributed by atoms with Gasteiger partial charge in [0.2, 0.25) is 0 Å². The highest BCUT2D eigenvalue weighted by atomic mass is 16.7. The van der Waals surface area contributed by atoms with Gasteiger partial charge in [0.15, 0.2) is 0 Å². The van der Waals surface area contributed by atoms with Gasteiger partial charge in [-0.15, -0.1) is 0 Å². The Bertz CT molecular complexity index is 1850. The molecule has 168 valence electrons. The Kier molecular flexibility index (Phi) is 3.31. The molecule has 6 rings (SSSR count). The van der Waals surface area contributed by atoms with Crippen LogP contribution < -0.4 is 5.46 Å². The van der Waals surface area contributed by atoms with Gasteiger partial charge in [0.25, 0.3) is 0 Å². The SMILES string of the molecule is [2H]c1c([2H])c([2H])c2c(c1[2H])c1c(B3OC(C)(C)C(C)(C)O3)c([2H])c([2H])c([2H])c1n2-c1ccc(-c2ccccc2)cc1. The molecule has 4 heteroatoms. The number of benzene rings is 4. The minimum Gasteiger partial charge on any atom is -0.399 e. The molecule has 0 aliphatic carbocycles. The second-order valence-corrected chi connectivity index (χ2v) is 9.57. The van der Waals surface area contributed by atoms with Gasteiger partial charge in [-0.05, 0) is 68.5 Å². The van der Waals surface area contributed by atoms with Crippen molar-refractivity contribution in [3.63, 3.8) is 0 Å². The molecule has 0 spiro atoms. The Morgan fingerprint density at radius 1 is 0.706 bits per heavy atom. The summed E-state index contributed by atoms with van der Waals surface area (Å²) in [6.45, 7) is 7.49. The number of fused-ring (bicyclic) bond motifs is 3. The molecule has 34 heavy (non-hydrogen) atoms. The molecule has 3 nitrogen and oxygen atoms in total. The van der Waals surface area contributed by atoms with Crippen molar-refractivity contribution in [1.82, 2.24) is 4.57 Å². The minimum atomic E-state index is -1.09. The van der Waals surface area contributed by atoms with Crippen LogP contribution in [0, 0.1) is 0 Å². The van der Waals surface area contributed by atoms with Crippen molar-refractivity contribution in [3.8, 4) is 16.8 Å². The first-order valence-electron chi connectivity index (χ1n) is 14.8. The first-order valence-corrected chi connectivity index (χ1v) is 11.3. The molecule has 0 saturated carbocycles. The van der Waals surface area contributed by atoms with Gasteiger partial charge in [-0.3, -0.25) is 0 Å². The van der Waals surface area contributed by atoms with E-state index in [-0.39, 0.29) is 57.5 Å². The molecule has 0 bridgehead atoms. The third-order valence-electron chi connectivity index (χ3n) is 6.97. The van der Waals surface area contributed by atoms with E-state index in [1.54, 1.807) is 4.57 Å². The van der Waals surface area contributed by atoms with Gasteiger partial charge < -0.3 is 13.9 Å². The van der Waals surface area contributed by atoms with Crippen LogP contribution in [0.15, 0.2) is 96.9 Å². The van der Waals surface area contributed by atoms with Crippen molar-refractivity contribution in [3.05, 3.63) is 96.9 Å². The van der Waals surface area contributed by atoms with Crippen LogP contribution in [0.1, 0.15) is 37.3 Å². The molecule has 1 aliphatic heterocycles. The summed E-state index contributed by atoms with van der Waals surface area (Å²) in [7, 11) is -1.09. The maximum atomic E-state index is 8.97. The lowest BCUT2D eigenvalue weighted by Gasteiger charge is -2.32. The van der Waals surface area contributed by atoms with Crippen LogP contribution in [0.2, 0.25) is 0 Å². The van der Waals surface area contributed by atoms with Crippen molar-refractivity contribution in [2.75, 3.05) is 0 Å². The van der Waals surface area contributed by atoms with Crippen molar-refractivity contribution in [2.45, 2.75) is 38.9 Å². The summed E-state index contributed by atoms with van der Waals surface area (Å²) in [5.74, 6) is 0. The van der Waals surface area contributed by atoms with E-state index in [1.165, 1.54) is 0 Å². The Morgan fingerprint density at radius 3 is 2.03 bits per heavy atom. The van der Waals surface area contributed by atoms with Crippen molar-refractivity contribution in [1.29, 1.82) is 0 Å². The maximum absolute atomic E-state index is 8.97. The van der Waals surface area contributed by atoms with Crippen molar-refractivity contribution in [2.24, 2.45) is 0 Å². The second-order valence-electron chi connectivity index (χ2n) is 9.57. The zero-order valence-electron chi connectivity index (χ0n) is 26.5. The van der Waals surface area contributed by atoms with E-state index >= 15 is 0 Å². The Balaban J connectivity index is 1.75. The Labute approximate surface area is 210 Å². The summed E-state index contributed by atoms with van der Waals surface area (Å²) >= 11 is 0. The molecule has 0 radical (unpaired) electrons. The second kappa shape index (κ2) is 7.59. The molecule has 0 N–H and O–H groups in total. The molecule has 4 aromatic carbocycles. The summed E-state index contributed by atoms with van der Waals surface area (Å²) in [4.78, 5) is 0. The molecular weight excluding hydrogens is 417 g/mol. The number of para-hydroxylation sites is 1. The summed E-state index contributed by atoms with van der Waals surface area (Å²) in [6, 6.07) is 15.0. The fourth-order valence-corrected chi connectivity index (χ4v) is 4.43. The lowest BCUT2D eigenvalue weighted by molar-refractivity contribution is 0.00578. The summed E-state index contributed by atoms with van der Waals surface area (Å²) in [5.41, 5.74) is 1.54. The van der Waals surface area contributed by atoms with E-state index < -0.39 is 30.4 Å². The molecule has 2 heterocycles. The van der Waals surface area contributed by atoms with E-state index in [2.05, 4.69) is 0 Å². The molecule has 0 unspecified atom stereocenters. The van der Waals surface area contributed by atoms with Crippen LogP contribution in [0.25, 0.3) is 38.6 Å². The molecule has 1 saturated heterocycles. The van der Waals surface area contributed by atoms with Crippen molar-refractivity contribution < 1.29 is 18.9 Å². The summed E-state index contributed by atoms with van der Waals surface area (Å²) < 4.78 is 75.5. The number of nitrogens with zero attached hydrogens (tertiary/aromatic N) is 1. The first kappa shape index (κ1) is 14.8. The Hall–Kier alpha value is -3.34. The predicted molar refractivity (Wildman–Crippen MR) is 142 cm³/mol.